The van der Waals surface area contributed by atoms with Gasteiger partial charge in [-0.1, -0.05) is 0 Å². The number of piperidine rings is 2. The summed E-state index contributed by atoms with van der Waals surface area (Å²) in [6.45, 7) is 4.14. The van der Waals surface area contributed by atoms with E-state index in [0.717, 1.165) is 24.8 Å². The summed E-state index contributed by atoms with van der Waals surface area (Å²) >= 11 is 0. The zero-order valence-electron chi connectivity index (χ0n) is 17.6. The number of halogens is 1. The standard InChI is InChI=1S/C23H25FN6O/c1-22-4-3-5-23(2,29-22)21(24)15(10-22)8-16-11-27-18(13-26-16)17-12-28-20(9-19(17)31)30-7-6-25-14-30/h6-9,11-14,21,29H,3-5,10H2,1-2H3,(H,28,31)/b15-8+/t21-,22+,23-/m0/s1. The highest BCUT2D eigenvalue weighted by molar-refractivity contribution is 5.66. The molecule has 160 valence electrons. The molecule has 2 bridgehead atoms. The Kier molecular flexibility index (Phi) is 4.62. The Hall–Kier alpha value is -3.13. The summed E-state index contributed by atoms with van der Waals surface area (Å²) in [6, 6.07) is 1.55. The fraction of sp³-hybridized carbons (Fsp3) is 0.391. The van der Waals surface area contributed by atoms with Crippen LogP contribution in [0.3, 0.4) is 0 Å². The Morgan fingerprint density at radius 3 is 2.77 bits per heavy atom. The Labute approximate surface area is 180 Å². The summed E-state index contributed by atoms with van der Waals surface area (Å²) in [6.07, 6.45) is 14.1. The van der Waals surface area contributed by atoms with E-state index in [1.165, 1.54) is 0 Å². The number of hydrogen-bond acceptors (Lipinski definition) is 6. The van der Waals surface area contributed by atoms with Gasteiger partial charge in [0, 0.05) is 30.2 Å². The van der Waals surface area contributed by atoms with E-state index in [4.69, 9.17) is 0 Å². The maximum absolute atomic E-state index is 15.3. The van der Waals surface area contributed by atoms with Gasteiger partial charge in [-0.05, 0) is 51.2 Å². The number of alkyl halides is 1. The fourth-order valence-electron chi connectivity index (χ4n) is 4.97. The highest BCUT2D eigenvalue weighted by atomic mass is 19.1. The summed E-state index contributed by atoms with van der Waals surface area (Å²) in [5.74, 6) is 0.607. The van der Waals surface area contributed by atoms with Crippen molar-refractivity contribution in [1.82, 2.24) is 29.8 Å². The number of imidazole rings is 1. The average molecular weight is 420 g/mol. The van der Waals surface area contributed by atoms with Gasteiger partial charge in [0.05, 0.1) is 34.9 Å². The molecule has 0 radical (unpaired) electrons. The molecule has 7 nitrogen and oxygen atoms in total. The first-order chi connectivity index (χ1) is 14.9. The van der Waals surface area contributed by atoms with Gasteiger partial charge >= 0.3 is 0 Å². The van der Waals surface area contributed by atoms with Crippen LogP contribution < -0.4 is 5.32 Å². The Morgan fingerprint density at radius 1 is 1.19 bits per heavy atom. The molecule has 5 heterocycles. The molecule has 0 unspecified atom stereocenters. The van der Waals surface area contributed by atoms with Crippen molar-refractivity contribution in [2.75, 3.05) is 0 Å². The zero-order valence-corrected chi connectivity index (χ0v) is 17.6. The third-order valence-electron chi connectivity index (χ3n) is 6.41. The van der Waals surface area contributed by atoms with Crippen LogP contribution in [0.15, 0.2) is 49.0 Å². The van der Waals surface area contributed by atoms with Crippen LogP contribution in [0.5, 0.6) is 5.75 Å². The van der Waals surface area contributed by atoms with Crippen LogP contribution in [-0.4, -0.2) is 46.9 Å². The second-order valence-electron chi connectivity index (χ2n) is 9.07. The lowest BCUT2D eigenvalue weighted by molar-refractivity contribution is 0.0555. The molecule has 3 atom stereocenters. The molecular weight excluding hydrogens is 395 g/mol. The van der Waals surface area contributed by atoms with Gasteiger partial charge < -0.3 is 10.4 Å². The summed E-state index contributed by atoms with van der Waals surface area (Å²) in [7, 11) is 0. The van der Waals surface area contributed by atoms with Crippen molar-refractivity contribution >= 4 is 6.08 Å². The van der Waals surface area contributed by atoms with Gasteiger partial charge in [-0.3, -0.25) is 14.5 Å². The molecule has 3 aromatic rings. The first-order valence-electron chi connectivity index (χ1n) is 10.5. The number of nitrogens with one attached hydrogen (secondary N) is 1. The van der Waals surface area contributed by atoms with E-state index in [1.54, 1.807) is 47.9 Å². The number of aromatic hydroxyl groups is 1. The maximum atomic E-state index is 15.3. The minimum Gasteiger partial charge on any atom is -0.507 e. The second-order valence-corrected chi connectivity index (χ2v) is 9.07. The van der Waals surface area contributed by atoms with E-state index in [0.29, 0.717) is 29.2 Å². The second kappa shape index (κ2) is 7.23. The molecule has 8 heteroatoms. The third kappa shape index (κ3) is 3.61. The number of pyridine rings is 1. The Bertz CT molecular complexity index is 1130. The van der Waals surface area contributed by atoms with Crippen molar-refractivity contribution in [3.63, 3.8) is 0 Å². The van der Waals surface area contributed by atoms with Crippen LogP contribution >= 0.6 is 0 Å². The van der Waals surface area contributed by atoms with E-state index in [1.807, 2.05) is 13.0 Å². The smallest absolute Gasteiger partial charge is 0.141 e. The van der Waals surface area contributed by atoms with Gasteiger partial charge in [-0.25, -0.2) is 14.4 Å². The van der Waals surface area contributed by atoms with Crippen LogP contribution in [0.2, 0.25) is 0 Å². The van der Waals surface area contributed by atoms with Crippen molar-refractivity contribution in [3.05, 3.63) is 54.6 Å². The molecule has 3 aromatic heterocycles. The molecule has 31 heavy (non-hydrogen) atoms. The molecule has 5 rings (SSSR count). The summed E-state index contributed by atoms with van der Waals surface area (Å²) in [5, 5.41) is 14.0. The summed E-state index contributed by atoms with van der Waals surface area (Å²) < 4.78 is 17.0. The lowest BCUT2D eigenvalue weighted by Crippen LogP contribution is -2.66. The number of rotatable bonds is 3. The molecule has 0 saturated carbocycles. The van der Waals surface area contributed by atoms with Crippen molar-refractivity contribution < 1.29 is 9.50 Å². The predicted molar refractivity (Wildman–Crippen MR) is 115 cm³/mol. The SMILES string of the molecule is C[C@]12CCC[C@](C)(N1)[C@@H](F)/C(=C/c1cnc(-c3cnc(-n4ccnc4)cc3O)cn1)C2. The lowest BCUT2D eigenvalue weighted by atomic mass is 9.68. The van der Waals surface area contributed by atoms with Crippen molar-refractivity contribution in [3.8, 4) is 22.8 Å². The molecular formula is C23H25FN6O. The minimum atomic E-state index is -1.05. The third-order valence-corrected chi connectivity index (χ3v) is 6.41. The van der Waals surface area contributed by atoms with Crippen molar-refractivity contribution in [2.45, 2.75) is 56.8 Å². The molecule has 2 aliphatic heterocycles. The van der Waals surface area contributed by atoms with Gasteiger partial charge in [0.15, 0.2) is 0 Å². The van der Waals surface area contributed by atoms with Crippen LogP contribution in [0.25, 0.3) is 23.2 Å². The van der Waals surface area contributed by atoms with Gasteiger partial charge in [0.2, 0.25) is 0 Å². The minimum absolute atomic E-state index is 0.0509. The van der Waals surface area contributed by atoms with E-state index in [2.05, 4.69) is 32.2 Å². The van der Waals surface area contributed by atoms with Crippen LogP contribution in [-0.2, 0) is 0 Å². The maximum Gasteiger partial charge on any atom is 0.141 e. The van der Waals surface area contributed by atoms with Crippen LogP contribution in [0.1, 0.15) is 45.2 Å². The van der Waals surface area contributed by atoms with Crippen molar-refractivity contribution in [1.29, 1.82) is 0 Å². The van der Waals surface area contributed by atoms with Gasteiger partial charge in [0.25, 0.3) is 0 Å². The number of fused-ring (bicyclic) bond motifs is 2. The highest BCUT2D eigenvalue weighted by Gasteiger charge is 2.50. The topological polar surface area (TPSA) is 88.8 Å². The quantitative estimate of drug-likeness (QED) is 0.669. The molecule has 2 aliphatic rings. The number of nitrogens with zero attached hydrogens (tertiary/aromatic N) is 5. The molecule has 2 fully saturated rings. The van der Waals surface area contributed by atoms with Gasteiger partial charge in [0.1, 0.15) is 24.1 Å². The van der Waals surface area contributed by atoms with Crippen molar-refractivity contribution in [2.24, 2.45) is 0 Å². The number of aromatic nitrogens is 5. The molecule has 2 N–H and O–H groups in total. The Balaban J connectivity index is 1.40. The van der Waals surface area contributed by atoms with Gasteiger partial charge in [-0.2, -0.15) is 0 Å². The van der Waals surface area contributed by atoms with Gasteiger partial charge in [-0.15, -0.1) is 0 Å². The molecule has 2 saturated heterocycles. The first-order valence-corrected chi connectivity index (χ1v) is 10.5. The van der Waals surface area contributed by atoms with E-state index in [9.17, 15) is 5.11 Å². The first kappa shape index (κ1) is 19.8. The normalized spacial score (nSPS) is 29.3. The molecule has 0 aliphatic carbocycles. The monoisotopic (exact) mass is 420 g/mol. The molecule has 0 spiro atoms. The van der Waals surface area contributed by atoms with Crippen LogP contribution in [0.4, 0.5) is 4.39 Å². The van der Waals surface area contributed by atoms with Crippen LogP contribution in [0, 0.1) is 0 Å². The van der Waals surface area contributed by atoms with E-state index in [-0.39, 0.29) is 11.3 Å². The largest absolute Gasteiger partial charge is 0.507 e. The number of hydrogen-bond donors (Lipinski definition) is 2. The Morgan fingerprint density at radius 2 is 2.06 bits per heavy atom. The zero-order chi connectivity index (χ0) is 21.6. The van der Waals surface area contributed by atoms with E-state index >= 15 is 4.39 Å². The molecule has 0 amide bonds. The predicted octanol–water partition coefficient (Wildman–Crippen LogP) is 3.85. The molecule has 0 aromatic carbocycles. The average Bonchev–Trinajstić information content (AvgIpc) is 3.27. The lowest BCUT2D eigenvalue weighted by Gasteiger charge is -2.53. The van der Waals surface area contributed by atoms with E-state index < -0.39 is 11.7 Å². The highest BCUT2D eigenvalue weighted by Crippen LogP contribution is 2.44. The fourth-order valence-corrected chi connectivity index (χ4v) is 4.97. The summed E-state index contributed by atoms with van der Waals surface area (Å²) in [5.41, 5.74) is 1.75. The summed E-state index contributed by atoms with van der Waals surface area (Å²) in [4.78, 5) is 17.2.